The van der Waals surface area contributed by atoms with Crippen molar-refractivity contribution in [3.05, 3.63) is 59.7 Å². The lowest BCUT2D eigenvalue weighted by molar-refractivity contribution is 0.0917. The Balaban J connectivity index is 2.17. The maximum atomic E-state index is 12.3. The number of carbonyl (C=O) groups excluding carboxylic acids is 1. The molecule has 0 radical (unpaired) electrons. The van der Waals surface area contributed by atoms with Gasteiger partial charge in [0, 0.05) is 11.8 Å². The summed E-state index contributed by atoms with van der Waals surface area (Å²) in [4.78, 5) is 12.3. The molecule has 5 nitrogen and oxygen atoms in total. The van der Waals surface area contributed by atoms with E-state index in [9.17, 15) is 9.90 Å². The molecule has 0 spiro atoms. The number of nitrogens with two attached hydrogens (primary N) is 1. The van der Waals surface area contributed by atoms with E-state index in [4.69, 9.17) is 10.5 Å². The lowest BCUT2D eigenvalue weighted by Gasteiger charge is -2.17. The summed E-state index contributed by atoms with van der Waals surface area (Å²) in [6.07, 6.45) is 0. The Labute approximate surface area is 123 Å². The standard InChI is InChI=1S/C16H18N2O3/c1-21-12-7-8-13(14(17)9-12)16(20)18-15(10-19)11-5-3-2-4-6-11/h2-9,15,19H,10,17H2,1H3,(H,18,20)/t15-/m0/s1. The Bertz CT molecular complexity index is 614. The summed E-state index contributed by atoms with van der Waals surface area (Å²) in [6.45, 7) is -0.189. The fourth-order valence-corrected chi connectivity index (χ4v) is 2.03. The van der Waals surface area contributed by atoms with Gasteiger partial charge in [-0.05, 0) is 17.7 Å². The average molecular weight is 286 g/mol. The number of aliphatic hydroxyl groups is 1. The Hall–Kier alpha value is -2.53. The van der Waals surface area contributed by atoms with Gasteiger partial charge in [0.25, 0.3) is 5.91 Å². The summed E-state index contributed by atoms with van der Waals surface area (Å²) in [6, 6.07) is 13.7. The summed E-state index contributed by atoms with van der Waals surface area (Å²) in [5.41, 5.74) is 7.37. The van der Waals surface area contributed by atoms with Gasteiger partial charge < -0.3 is 20.9 Å². The van der Waals surface area contributed by atoms with Crippen molar-refractivity contribution in [3.63, 3.8) is 0 Å². The molecule has 0 heterocycles. The second kappa shape index (κ2) is 6.76. The molecule has 2 aromatic rings. The highest BCUT2D eigenvalue weighted by atomic mass is 16.5. The highest BCUT2D eigenvalue weighted by Crippen LogP contribution is 2.20. The van der Waals surface area contributed by atoms with E-state index in [-0.39, 0.29) is 12.5 Å². The van der Waals surface area contributed by atoms with Gasteiger partial charge in [-0.2, -0.15) is 0 Å². The maximum Gasteiger partial charge on any atom is 0.253 e. The second-order valence-electron chi connectivity index (χ2n) is 4.57. The third-order valence-electron chi connectivity index (χ3n) is 3.19. The van der Waals surface area contributed by atoms with Gasteiger partial charge in [0.05, 0.1) is 25.3 Å². The molecule has 0 aromatic heterocycles. The van der Waals surface area contributed by atoms with Crippen molar-refractivity contribution < 1.29 is 14.6 Å². The summed E-state index contributed by atoms with van der Waals surface area (Å²) in [5, 5.41) is 12.2. The van der Waals surface area contributed by atoms with Crippen LogP contribution in [-0.4, -0.2) is 24.7 Å². The highest BCUT2D eigenvalue weighted by Gasteiger charge is 2.16. The van der Waals surface area contributed by atoms with Gasteiger partial charge in [0.2, 0.25) is 0 Å². The summed E-state index contributed by atoms with van der Waals surface area (Å²) >= 11 is 0. The number of benzene rings is 2. The van der Waals surface area contributed by atoms with Crippen molar-refractivity contribution >= 4 is 11.6 Å². The van der Waals surface area contributed by atoms with Gasteiger partial charge in [0.1, 0.15) is 5.75 Å². The number of hydrogen-bond acceptors (Lipinski definition) is 4. The molecule has 2 aromatic carbocycles. The van der Waals surface area contributed by atoms with Gasteiger partial charge in [0.15, 0.2) is 0 Å². The molecule has 0 bridgehead atoms. The molecular weight excluding hydrogens is 268 g/mol. The van der Waals surface area contributed by atoms with Crippen LogP contribution in [0, 0.1) is 0 Å². The van der Waals surface area contributed by atoms with Crippen molar-refractivity contribution in [1.29, 1.82) is 0 Å². The molecule has 5 heteroatoms. The zero-order valence-corrected chi connectivity index (χ0v) is 11.7. The fourth-order valence-electron chi connectivity index (χ4n) is 2.03. The van der Waals surface area contributed by atoms with Gasteiger partial charge in [-0.15, -0.1) is 0 Å². The first-order chi connectivity index (χ1) is 10.2. The van der Waals surface area contributed by atoms with Gasteiger partial charge >= 0.3 is 0 Å². The normalized spacial score (nSPS) is 11.7. The minimum atomic E-state index is -0.472. The lowest BCUT2D eigenvalue weighted by Crippen LogP contribution is -2.31. The van der Waals surface area contributed by atoms with Crippen LogP contribution in [0.2, 0.25) is 0 Å². The van der Waals surface area contributed by atoms with E-state index in [1.165, 1.54) is 7.11 Å². The topological polar surface area (TPSA) is 84.6 Å². The van der Waals surface area contributed by atoms with Gasteiger partial charge in [-0.1, -0.05) is 30.3 Å². The zero-order chi connectivity index (χ0) is 15.2. The number of anilines is 1. The van der Waals surface area contributed by atoms with Crippen LogP contribution in [0.4, 0.5) is 5.69 Å². The molecular formula is C16H18N2O3. The van der Waals surface area contributed by atoms with E-state index in [1.54, 1.807) is 18.2 Å². The van der Waals surface area contributed by atoms with Crippen LogP contribution in [0.3, 0.4) is 0 Å². The quantitative estimate of drug-likeness (QED) is 0.731. The van der Waals surface area contributed by atoms with Crippen molar-refractivity contribution in [3.8, 4) is 5.75 Å². The van der Waals surface area contributed by atoms with Crippen LogP contribution < -0.4 is 15.8 Å². The van der Waals surface area contributed by atoms with E-state index < -0.39 is 6.04 Å². The molecule has 0 saturated carbocycles. The van der Waals surface area contributed by atoms with Gasteiger partial charge in [-0.3, -0.25) is 4.79 Å². The third kappa shape index (κ3) is 3.52. The average Bonchev–Trinajstić information content (AvgIpc) is 2.53. The maximum absolute atomic E-state index is 12.3. The molecule has 4 N–H and O–H groups in total. The number of nitrogen functional groups attached to an aromatic ring is 1. The Morgan fingerprint density at radius 2 is 2.00 bits per heavy atom. The van der Waals surface area contributed by atoms with E-state index in [0.717, 1.165) is 5.56 Å². The Morgan fingerprint density at radius 3 is 2.57 bits per heavy atom. The Morgan fingerprint density at radius 1 is 1.29 bits per heavy atom. The smallest absolute Gasteiger partial charge is 0.253 e. The van der Waals surface area contributed by atoms with Crippen LogP contribution in [0.1, 0.15) is 22.0 Å². The molecule has 1 atom stereocenters. The molecule has 0 aliphatic carbocycles. The number of methoxy groups -OCH3 is 1. The molecule has 0 unspecified atom stereocenters. The first-order valence-electron chi connectivity index (χ1n) is 6.56. The minimum absolute atomic E-state index is 0.189. The van der Waals surface area contributed by atoms with Crippen molar-refractivity contribution in [2.45, 2.75) is 6.04 Å². The minimum Gasteiger partial charge on any atom is -0.497 e. The molecule has 21 heavy (non-hydrogen) atoms. The lowest BCUT2D eigenvalue weighted by atomic mass is 10.1. The molecule has 0 aliphatic heterocycles. The largest absolute Gasteiger partial charge is 0.497 e. The Kier molecular flexibility index (Phi) is 4.79. The second-order valence-corrected chi connectivity index (χ2v) is 4.57. The fraction of sp³-hybridized carbons (Fsp3) is 0.188. The predicted molar refractivity (Wildman–Crippen MR) is 81.1 cm³/mol. The summed E-state index contributed by atoms with van der Waals surface area (Å²) < 4.78 is 5.05. The number of ether oxygens (including phenoxy) is 1. The number of nitrogens with one attached hydrogen (secondary N) is 1. The molecule has 1 amide bonds. The number of carbonyl (C=O) groups is 1. The van der Waals surface area contributed by atoms with Crippen LogP contribution in [-0.2, 0) is 0 Å². The van der Waals surface area contributed by atoms with Crippen molar-refractivity contribution in [2.75, 3.05) is 19.5 Å². The SMILES string of the molecule is COc1ccc(C(=O)N[C@@H](CO)c2ccccc2)c(N)c1. The molecule has 110 valence electrons. The summed E-state index contributed by atoms with van der Waals surface area (Å²) in [7, 11) is 1.53. The molecule has 0 fully saturated rings. The predicted octanol–water partition coefficient (Wildman–Crippen LogP) is 1.74. The first kappa shape index (κ1) is 14.9. The van der Waals surface area contributed by atoms with E-state index in [1.807, 2.05) is 30.3 Å². The number of rotatable bonds is 5. The van der Waals surface area contributed by atoms with E-state index in [0.29, 0.717) is 17.0 Å². The van der Waals surface area contributed by atoms with Crippen molar-refractivity contribution in [1.82, 2.24) is 5.32 Å². The van der Waals surface area contributed by atoms with Crippen molar-refractivity contribution in [2.24, 2.45) is 0 Å². The molecule has 2 rings (SSSR count). The van der Waals surface area contributed by atoms with Crippen LogP contribution in [0.25, 0.3) is 0 Å². The zero-order valence-electron chi connectivity index (χ0n) is 11.7. The molecule has 0 saturated heterocycles. The third-order valence-corrected chi connectivity index (χ3v) is 3.19. The highest BCUT2D eigenvalue weighted by molar-refractivity contribution is 5.99. The van der Waals surface area contributed by atoms with E-state index in [2.05, 4.69) is 5.32 Å². The van der Waals surface area contributed by atoms with Crippen LogP contribution >= 0.6 is 0 Å². The monoisotopic (exact) mass is 286 g/mol. The van der Waals surface area contributed by atoms with Gasteiger partial charge in [-0.25, -0.2) is 0 Å². The number of amides is 1. The molecule has 0 aliphatic rings. The number of aliphatic hydroxyl groups excluding tert-OH is 1. The number of hydrogen-bond donors (Lipinski definition) is 3. The van der Waals surface area contributed by atoms with E-state index >= 15 is 0 Å². The van der Waals surface area contributed by atoms with Crippen LogP contribution in [0.5, 0.6) is 5.75 Å². The summed E-state index contributed by atoms with van der Waals surface area (Å²) in [5.74, 6) is 0.254. The first-order valence-corrected chi connectivity index (χ1v) is 6.56. The van der Waals surface area contributed by atoms with Crippen LogP contribution in [0.15, 0.2) is 48.5 Å².